The Kier molecular flexibility index (Phi) is 5.61. The van der Waals surface area contributed by atoms with Crippen LogP contribution in [-0.4, -0.2) is 50.9 Å². The summed E-state index contributed by atoms with van der Waals surface area (Å²) < 4.78 is 27.4. The molecule has 162 valence electrons. The average molecular weight is 459 g/mol. The van der Waals surface area contributed by atoms with Crippen molar-refractivity contribution in [1.82, 2.24) is 0 Å². The first-order valence-electron chi connectivity index (χ1n) is 9.74. The average Bonchev–Trinajstić information content (AvgIpc) is 3.26. The Labute approximate surface area is 185 Å². The summed E-state index contributed by atoms with van der Waals surface area (Å²) in [5, 5.41) is 4.04. The van der Waals surface area contributed by atoms with Gasteiger partial charge in [-0.3, -0.25) is 9.59 Å². The number of hydrogen-bond donors (Lipinski definition) is 0. The van der Waals surface area contributed by atoms with Gasteiger partial charge in [-0.25, -0.2) is 8.42 Å². The van der Waals surface area contributed by atoms with Gasteiger partial charge in [0.15, 0.2) is 15.9 Å². The molecule has 2 aliphatic heterocycles. The highest BCUT2D eigenvalue weighted by Crippen LogP contribution is 2.40. The lowest BCUT2D eigenvalue weighted by molar-refractivity contribution is -0.120. The summed E-state index contributed by atoms with van der Waals surface area (Å²) in [7, 11) is -3.29. The first-order valence-corrected chi connectivity index (χ1v) is 12.6. The second-order valence-electron chi connectivity index (χ2n) is 7.70. The predicted molar refractivity (Wildman–Crippen MR) is 121 cm³/mol. The number of carbonyl (C=O) groups is 2. The molecule has 10 heteroatoms. The lowest BCUT2D eigenvalue weighted by Crippen LogP contribution is -2.53. The fourth-order valence-corrected chi connectivity index (χ4v) is 5.14. The zero-order valence-corrected chi connectivity index (χ0v) is 19.0. The Morgan fingerprint density at radius 3 is 2.32 bits per heavy atom. The van der Waals surface area contributed by atoms with E-state index in [1.165, 1.54) is 25.1 Å². The predicted octanol–water partition coefficient (Wildman–Crippen LogP) is 3.33. The number of fused-ring (bicyclic) bond motifs is 1. The standard InChI is InChI=1S/C21H22N4O4S2/c1-13-11-24(21(27)18-12-30-23-22-18)20-10-16(6-9-19(20)25(13)14(2)26)15-4-7-17(8-5-15)31(3,28)29/h4-10,13,18H,11-12H2,1-3H3/t13-,18?/m0/s1. The van der Waals surface area contributed by atoms with Crippen LogP contribution < -0.4 is 9.80 Å². The number of benzene rings is 2. The van der Waals surface area contributed by atoms with Crippen molar-refractivity contribution in [3.63, 3.8) is 0 Å². The van der Waals surface area contributed by atoms with Crippen molar-refractivity contribution in [2.45, 2.75) is 30.8 Å². The number of anilines is 2. The second kappa shape index (κ2) is 8.08. The fraction of sp³-hybridized carbons (Fsp3) is 0.333. The van der Waals surface area contributed by atoms with E-state index >= 15 is 0 Å². The summed E-state index contributed by atoms with van der Waals surface area (Å²) in [4.78, 5) is 29.1. The molecule has 0 aliphatic carbocycles. The Balaban J connectivity index is 1.78. The minimum absolute atomic E-state index is 0.0952. The van der Waals surface area contributed by atoms with Crippen molar-refractivity contribution in [1.29, 1.82) is 0 Å². The third-order valence-electron chi connectivity index (χ3n) is 5.40. The number of sulfone groups is 1. The van der Waals surface area contributed by atoms with Crippen LogP contribution in [0.4, 0.5) is 11.4 Å². The van der Waals surface area contributed by atoms with E-state index in [0.29, 0.717) is 23.7 Å². The molecule has 2 aromatic carbocycles. The molecule has 0 saturated carbocycles. The molecular weight excluding hydrogens is 436 g/mol. The topological polar surface area (TPSA) is 99.5 Å². The Bertz CT molecular complexity index is 1180. The van der Waals surface area contributed by atoms with Crippen LogP contribution in [0.25, 0.3) is 11.1 Å². The van der Waals surface area contributed by atoms with E-state index in [-0.39, 0.29) is 22.8 Å². The number of nitrogens with zero attached hydrogens (tertiary/aromatic N) is 4. The first kappa shape index (κ1) is 21.5. The van der Waals surface area contributed by atoms with Gasteiger partial charge in [-0.2, -0.15) is 5.11 Å². The first-order chi connectivity index (χ1) is 14.7. The molecule has 1 unspecified atom stereocenters. The van der Waals surface area contributed by atoms with Gasteiger partial charge in [0.25, 0.3) is 5.91 Å². The molecule has 8 nitrogen and oxygen atoms in total. The molecule has 2 heterocycles. The fourth-order valence-electron chi connectivity index (χ4n) is 3.92. The molecular formula is C21H22N4O4S2. The van der Waals surface area contributed by atoms with E-state index in [0.717, 1.165) is 11.1 Å². The maximum Gasteiger partial charge on any atom is 0.254 e. The highest BCUT2D eigenvalue weighted by atomic mass is 32.2. The van der Waals surface area contributed by atoms with Crippen LogP contribution >= 0.6 is 11.9 Å². The summed E-state index contributed by atoms with van der Waals surface area (Å²) in [5.74, 6) is 0.263. The largest absolute Gasteiger partial charge is 0.306 e. The lowest BCUT2D eigenvalue weighted by atomic mass is 10.00. The molecule has 4 rings (SSSR count). The molecule has 0 aromatic heterocycles. The van der Waals surface area contributed by atoms with Gasteiger partial charge < -0.3 is 9.80 Å². The smallest absolute Gasteiger partial charge is 0.254 e. The molecule has 31 heavy (non-hydrogen) atoms. The van der Waals surface area contributed by atoms with Gasteiger partial charge in [-0.1, -0.05) is 18.2 Å². The number of carbonyl (C=O) groups excluding carboxylic acids is 2. The van der Waals surface area contributed by atoms with Crippen LogP contribution in [0.5, 0.6) is 0 Å². The Morgan fingerprint density at radius 2 is 1.74 bits per heavy atom. The summed E-state index contributed by atoms with van der Waals surface area (Å²) in [6.45, 7) is 3.78. The quantitative estimate of drug-likeness (QED) is 0.657. The van der Waals surface area contributed by atoms with Crippen molar-refractivity contribution < 1.29 is 18.0 Å². The van der Waals surface area contributed by atoms with Crippen LogP contribution in [0.15, 0.2) is 57.0 Å². The lowest BCUT2D eigenvalue weighted by Gasteiger charge is -2.41. The van der Waals surface area contributed by atoms with Crippen molar-refractivity contribution in [3.05, 3.63) is 42.5 Å². The van der Waals surface area contributed by atoms with Gasteiger partial charge in [0, 0.05) is 31.7 Å². The minimum Gasteiger partial charge on any atom is -0.306 e. The molecule has 2 aromatic rings. The SMILES string of the molecule is CC(=O)N1c2ccc(-c3ccc(S(C)(=O)=O)cc3)cc2N(C(=O)C2CSN=N2)C[C@@H]1C. The molecule has 2 aliphatic rings. The third kappa shape index (κ3) is 4.09. The van der Waals surface area contributed by atoms with Gasteiger partial charge in [0.2, 0.25) is 5.91 Å². The van der Waals surface area contributed by atoms with Crippen molar-refractivity contribution in [2.75, 3.05) is 28.4 Å². The molecule has 0 radical (unpaired) electrons. The van der Waals surface area contributed by atoms with E-state index in [9.17, 15) is 18.0 Å². The highest BCUT2D eigenvalue weighted by molar-refractivity contribution is 7.98. The number of amides is 2. The normalized spacial score (nSPS) is 20.6. The van der Waals surface area contributed by atoms with E-state index in [1.807, 2.05) is 25.1 Å². The zero-order chi connectivity index (χ0) is 22.3. The number of hydrogen-bond acceptors (Lipinski definition) is 7. The van der Waals surface area contributed by atoms with Gasteiger partial charge in [-0.15, -0.1) is 4.52 Å². The second-order valence-corrected chi connectivity index (χ2v) is 10.5. The highest BCUT2D eigenvalue weighted by Gasteiger charge is 2.37. The van der Waals surface area contributed by atoms with Crippen LogP contribution in [0, 0.1) is 0 Å². The van der Waals surface area contributed by atoms with E-state index in [4.69, 9.17) is 0 Å². The van der Waals surface area contributed by atoms with Gasteiger partial charge in [0.1, 0.15) is 0 Å². The van der Waals surface area contributed by atoms with Crippen LogP contribution in [-0.2, 0) is 19.4 Å². The molecule has 0 fully saturated rings. The molecule has 0 spiro atoms. The maximum absolute atomic E-state index is 13.2. The Morgan fingerprint density at radius 1 is 1.06 bits per heavy atom. The summed E-state index contributed by atoms with van der Waals surface area (Å²) in [6, 6.07) is 11.4. The summed E-state index contributed by atoms with van der Waals surface area (Å²) in [6.07, 6.45) is 1.17. The van der Waals surface area contributed by atoms with Crippen LogP contribution in [0.3, 0.4) is 0 Å². The van der Waals surface area contributed by atoms with E-state index in [1.54, 1.807) is 34.1 Å². The summed E-state index contributed by atoms with van der Waals surface area (Å²) >= 11 is 1.26. The molecule has 2 atom stereocenters. The Hall–Kier alpha value is -2.72. The number of rotatable bonds is 3. The van der Waals surface area contributed by atoms with Crippen molar-refractivity contribution in [2.24, 2.45) is 9.63 Å². The molecule has 0 N–H and O–H groups in total. The van der Waals surface area contributed by atoms with Crippen LogP contribution in [0.2, 0.25) is 0 Å². The maximum atomic E-state index is 13.2. The molecule has 2 amide bonds. The van der Waals surface area contributed by atoms with Crippen molar-refractivity contribution >= 4 is 45.0 Å². The van der Waals surface area contributed by atoms with E-state index in [2.05, 4.69) is 9.63 Å². The molecule has 0 bridgehead atoms. The van der Waals surface area contributed by atoms with Gasteiger partial charge in [-0.05, 0) is 42.3 Å². The van der Waals surface area contributed by atoms with Gasteiger partial charge >= 0.3 is 0 Å². The third-order valence-corrected chi connectivity index (χ3v) is 7.20. The van der Waals surface area contributed by atoms with Gasteiger partial charge in [0.05, 0.1) is 28.1 Å². The van der Waals surface area contributed by atoms with Crippen LogP contribution in [0.1, 0.15) is 13.8 Å². The summed E-state index contributed by atoms with van der Waals surface area (Å²) in [5.41, 5.74) is 2.93. The zero-order valence-electron chi connectivity index (χ0n) is 17.3. The molecule has 0 saturated heterocycles. The van der Waals surface area contributed by atoms with E-state index < -0.39 is 15.9 Å². The minimum atomic E-state index is -3.29. The van der Waals surface area contributed by atoms with Crippen molar-refractivity contribution in [3.8, 4) is 11.1 Å². The monoisotopic (exact) mass is 458 g/mol.